The Bertz CT molecular complexity index is 165. The van der Waals surface area contributed by atoms with Crippen molar-refractivity contribution in [2.45, 2.75) is 20.8 Å². The normalized spacial score (nSPS) is 7.90. The van der Waals surface area contributed by atoms with Crippen LogP contribution in [-0.4, -0.2) is 10.2 Å². The second-order valence-corrected chi connectivity index (χ2v) is 1.57. The molecule has 0 aliphatic heterocycles. The fraction of sp³-hybridized carbons (Fsp3) is 0.429. The summed E-state index contributed by atoms with van der Waals surface area (Å²) in [6, 6.07) is 1.72. The fourth-order valence-corrected chi connectivity index (χ4v) is 0.412. The first-order valence-electron chi connectivity index (χ1n) is 3.34. The van der Waals surface area contributed by atoms with E-state index in [1.165, 1.54) is 0 Å². The molecule has 10 heavy (non-hydrogen) atoms. The van der Waals surface area contributed by atoms with Crippen molar-refractivity contribution in [3.05, 3.63) is 18.0 Å². The number of aromatic nitrogens is 2. The van der Waals surface area contributed by atoms with Crippen molar-refractivity contribution < 1.29 is 0 Å². The van der Waals surface area contributed by atoms with Gasteiger partial charge < -0.3 is 5.73 Å². The molecule has 1 aromatic rings. The van der Waals surface area contributed by atoms with Gasteiger partial charge >= 0.3 is 0 Å². The molecule has 3 heteroatoms. The summed E-state index contributed by atoms with van der Waals surface area (Å²) in [6.45, 7) is 5.82. The van der Waals surface area contributed by atoms with Crippen LogP contribution in [0.15, 0.2) is 12.3 Å². The van der Waals surface area contributed by atoms with E-state index in [0.717, 1.165) is 5.69 Å². The molecule has 1 rings (SSSR count). The summed E-state index contributed by atoms with van der Waals surface area (Å²) >= 11 is 0. The molecule has 0 amide bonds. The van der Waals surface area contributed by atoms with Crippen LogP contribution < -0.4 is 5.73 Å². The van der Waals surface area contributed by atoms with Gasteiger partial charge in [0.2, 0.25) is 0 Å². The summed E-state index contributed by atoms with van der Waals surface area (Å²) in [7, 11) is 0. The van der Waals surface area contributed by atoms with Crippen molar-refractivity contribution in [1.29, 1.82) is 0 Å². The van der Waals surface area contributed by atoms with Crippen LogP contribution in [0.3, 0.4) is 0 Å². The van der Waals surface area contributed by atoms with E-state index in [4.69, 9.17) is 5.73 Å². The number of hydrogen-bond acceptors (Lipinski definition) is 3. The van der Waals surface area contributed by atoms with E-state index in [2.05, 4.69) is 10.2 Å². The zero-order valence-electron chi connectivity index (χ0n) is 6.63. The van der Waals surface area contributed by atoms with Gasteiger partial charge in [0.25, 0.3) is 0 Å². The molecular weight excluding hydrogens is 126 g/mol. The first kappa shape index (κ1) is 8.88. The number of nitrogens with zero attached hydrogens (tertiary/aromatic N) is 2. The summed E-state index contributed by atoms with van der Waals surface area (Å²) in [5.41, 5.74) is 6.90. The molecule has 0 fully saturated rings. The molecule has 0 atom stereocenters. The Morgan fingerprint density at radius 1 is 1.40 bits per heavy atom. The van der Waals surface area contributed by atoms with Crippen molar-refractivity contribution in [1.82, 2.24) is 10.2 Å². The second kappa shape index (κ2) is 4.73. The average Bonchev–Trinajstić information content (AvgIpc) is 2.00. The third-order valence-corrected chi connectivity index (χ3v) is 0.946. The lowest BCUT2D eigenvalue weighted by atomic mass is 10.4. The van der Waals surface area contributed by atoms with Crippen LogP contribution in [0.25, 0.3) is 0 Å². The predicted molar refractivity (Wildman–Crippen MR) is 42.5 cm³/mol. The maximum absolute atomic E-state index is 5.42. The molecule has 0 saturated heterocycles. The predicted octanol–water partition coefficient (Wildman–Crippen LogP) is 1.39. The van der Waals surface area contributed by atoms with Gasteiger partial charge in [-0.1, -0.05) is 13.8 Å². The number of anilines is 1. The third kappa shape index (κ3) is 2.44. The summed E-state index contributed by atoms with van der Waals surface area (Å²) < 4.78 is 0. The van der Waals surface area contributed by atoms with Gasteiger partial charge in [-0.15, -0.1) is 0 Å². The van der Waals surface area contributed by atoms with Gasteiger partial charge in [0, 0.05) is 0 Å². The topological polar surface area (TPSA) is 51.8 Å². The van der Waals surface area contributed by atoms with Crippen LogP contribution in [0.5, 0.6) is 0 Å². The van der Waals surface area contributed by atoms with Crippen molar-refractivity contribution in [3.63, 3.8) is 0 Å². The Hall–Kier alpha value is -1.12. The molecule has 0 aliphatic rings. The molecular formula is C7H13N3. The number of rotatable bonds is 0. The Balaban J connectivity index is 0.000000371. The molecule has 0 radical (unpaired) electrons. The monoisotopic (exact) mass is 139 g/mol. The highest BCUT2D eigenvalue weighted by atomic mass is 15.1. The smallest absolute Gasteiger partial charge is 0.0828 e. The van der Waals surface area contributed by atoms with Crippen LogP contribution in [-0.2, 0) is 0 Å². The van der Waals surface area contributed by atoms with Gasteiger partial charge in [-0.2, -0.15) is 10.2 Å². The van der Waals surface area contributed by atoms with E-state index < -0.39 is 0 Å². The van der Waals surface area contributed by atoms with Gasteiger partial charge in [0.05, 0.1) is 17.6 Å². The van der Waals surface area contributed by atoms with Gasteiger partial charge in [-0.3, -0.25) is 0 Å². The molecule has 0 saturated carbocycles. The highest BCUT2D eigenvalue weighted by Gasteiger charge is 1.87. The van der Waals surface area contributed by atoms with Crippen molar-refractivity contribution in [2.75, 3.05) is 5.73 Å². The highest BCUT2D eigenvalue weighted by Crippen LogP contribution is 2.00. The minimum atomic E-state index is 0.694. The molecule has 1 aromatic heterocycles. The van der Waals surface area contributed by atoms with E-state index in [9.17, 15) is 0 Å². The van der Waals surface area contributed by atoms with Gasteiger partial charge in [-0.05, 0) is 13.0 Å². The van der Waals surface area contributed by atoms with E-state index in [1.54, 1.807) is 12.3 Å². The zero-order chi connectivity index (χ0) is 7.98. The highest BCUT2D eigenvalue weighted by molar-refractivity contribution is 5.39. The van der Waals surface area contributed by atoms with E-state index in [1.807, 2.05) is 20.8 Å². The summed E-state index contributed by atoms with van der Waals surface area (Å²) in [6.07, 6.45) is 1.57. The SMILES string of the molecule is CC.Cc1nnccc1N. The second-order valence-electron chi connectivity index (χ2n) is 1.57. The lowest BCUT2D eigenvalue weighted by Crippen LogP contribution is -1.92. The lowest BCUT2D eigenvalue weighted by Gasteiger charge is -1.91. The van der Waals surface area contributed by atoms with Crippen molar-refractivity contribution in [2.24, 2.45) is 0 Å². The summed E-state index contributed by atoms with van der Waals surface area (Å²) in [5.74, 6) is 0. The van der Waals surface area contributed by atoms with Crippen LogP contribution in [0, 0.1) is 6.92 Å². The largest absolute Gasteiger partial charge is 0.397 e. The first-order chi connectivity index (χ1) is 4.80. The van der Waals surface area contributed by atoms with E-state index in [0.29, 0.717) is 5.69 Å². The van der Waals surface area contributed by atoms with Crippen LogP contribution in [0.1, 0.15) is 19.5 Å². The Labute approximate surface area is 61.3 Å². The minimum Gasteiger partial charge on any atom is -0.397 e. The molecule has 0 aliphatic carbocycles. The first-order valence-corrected chi connectivity index (χ1v) is 3.34. The van der Waals surface area contributed by atoms with Gasteiger partial charge in [0.1, 0.15) is 0 Å². The molecule has 0 unspecified atom stereocenters. The van der Waals surface area contributed by atoms with Crippen LogP contribution in [0.2, 0.25) is 0 Å². The Morgan fingerprint density at radius 2 is 2.00 bits per heavy atom. The molecule has 56 valence electrons. The maximum atomic E-state index is 5.42. The van der Waals surface area contributed by atoms with Crippen molar-refractivity contribution in [3.8, 4) is 0 Å². The molecule has 1 heterocycles. The molecule has 2 N–H and O–H groups in total. The standard InChI is InChI=1S/C5H7N3.C2H6/c1-4-5(6)2-3-7-8-4;1-2/h2-3H,1H3,(H2,6,7);1-2H3. The molecule has 3 nitrogen and oxygen atoms in total. The zero-order valence-corrected chi connectivity index (χ0v) is 6.63. The Kier molecular flexibility index (Phi) is 4.20. The minimum absolute atomic E-state index is 0.694. The third-order valence-electron chi connectivity index (χ3n) is 0.946. The lowest BCUT2D eigenvalue weighted by molar-refractivity contribution is 0.985. The fourth-order valence-electron chi connectivity index (χ4n) is 0.412. The number of hydrogen-bond donors (Lipinski definition) is 1. The molecule has 0 aromatic carbocycles. The van der Waals surface area contributed by atoms with E-state index in [-0.39, 0.29) is 0 Å². The van der Waals surface area contributed by atoms with Crippen molar-refractivity contribution >= 4 is 5.69 Å². The summed E-state index contributed by atoms with van der Waals surface area (Å²) in [4.78, 5) is 0. The quantitative estimate of drug-likeness (QED) is 0.591. The van der Waals surface area contributed by atoms with E-state index >= 15 is 0 Å². The van der Waals surface area contributed by atoms with Gasteiger partial charge in [0.15, 0.2) is 0 Å². The number of nitrogen functional groups attached to an aromatic ring is 1. The average molecular weight is 139 g/mol. The number of nitrogens with two attached hydrogens (primary N) is 1. The summed E-state index contributed by atoms with van der Waals surface area (Å²) in [5, 5.41) is 7.32. The maximum Gasteiger partial charge on any atom is 0.0828 e. The number of aryl methyl sites for hydroxylation is 1. The Morgan fingerprint density at radius 3 is 2.30 bits per heavy atom. The van der Waals surface area contributed by atoms with Gasteiger partial charge in [-0.25, -0.2) is 0 Å². The van der Waals surface area contributed by atoms with Crippen LogP contribution >= 0.6 is 0 Å². The molecule has 0 spiro atoms. The molecule has 0 bridgehead atoms. The van der Waals surface area contributed by atoms with Crippen LogP contribution in [0.4, 0.5) is 5.69 Å².